The van der Waals surface area contributed by atoms with E-state index in [2.05, 4.69) is 12.2 Å². The van der Waals surface area contributed by atoms with Gasteiger partial charge in [-0.1, -0.05) is 31.0 Å². The van der Waals surface area contributed by atoms with E-state index in [0.29, 0.717) is 24.1 Å². The molecule has 2 N–H and O–H groups in total. The van der Waals surface area contributed by atoms with Gasteiger partial charge in [0.05, 0.1) is 11.1 Å². The average molecular weight is 272 g/mol. The van der Waals surface area contributed by atoms with E-state index in [1.807, 2.05) is 0 Å². The minimum absolute atomic E-state index is 0.0864. The number of hydrogen-bond donors (Lipinski definition) is 2. The molecule has 1 aliphatic carbocycles. The smallest absolute Gasteiger partial charge is 0.142 e. The molecule has 3 atom stereocenters. The molecule has 2 nitrogen and oxygen atoms in total. The lowest BCUT2D eigenvalue weighted by molar-refractivity contribution is 0.166. The lowest BCUT2D eigenvalue weighted by atomic mass is 10.1. The molecule has 0 saturated heterocycles. The molecule has 1 fully saturated rings. The quantitative estimate of drug-likeness (QED) is 0.881. The second kappa shape index (κ2) is 6.00. The van der Waals surface area contributed by atoms with E-state index in [1.54, 1.807) is 6.07 Å². The van der Waals surface area contributed by atoms with Crippen LogP contribution in [0, 0.1) is 11.7 Å². The van der Waals surface area contributed by atoms with Crippen molar-refractivity contribution in [3.05, 3.63) is 34.6 Å². The molecule has 0 spiro atoms. The highest BCUT2D eigenvalue weighted by Gasteiger charge is 2.23. The molecule has 100 valence electrons. The molecule has 3 unspecified atom stereocenters. The van der Waals surface area contributed by atoms with Crippen molar-refractivity contribution in [2.45, 2.75) is 38.3 Å². The van der Waals surface area contributed by atoms with Gasteiger partial charge in [-0.2, -0.15) is 0 Å². The van der Waals surface area contributed by atoms with E-state index in [-0.39, 0.29) is 5.02 Å². The van der Waals surface area contributed by atoms with E-state index in [1.165, 1.54) is 25.0 Å². The first-order valence-electron chi connectivity index (χ1n) is 6.44. The van der Waals surface area contributed by atoms with Crippen molar-refractivity contribution in [1.29, 1.82) is 0 Å². The Morgan fingerprint density at radius 1 is 1.50 bits per heavy atom. The highest BCUT2D eigenvalue weighted by molar-refractivity contribution is 6.30. The Labute approximate surface area is 112 Å². The van der Waals surface area contributed by atoms with E-state index >= 15 is 0 Å². The average Bonchev–Trinajstić information content (AvgIpc) is 2.75. The zero-order chi connectivity index (χ0) is 13.1. The number of aliphatic hydroxyl groups excluding tert-OH is 1. The van der Waals surface area contributed by atoms with Crippen molar-refractivity contribution in [3.8, 4) is 0 Å². The van der Waals surface area contributed by atoms with Crippen molar-refractivity contribution in [2.75, 3.05) is 6.54 Å². The normalized spacial score (nSPS) is 25.3. The van der Waals surface area contributed by atoms with Crippen LogP contribution in [0.4, 0.5) is 4.39 Å². The van der Waals surface area contributed by atoms with Gasteiger partial charge in [-0.3, -0.25) is 0 Å². The summed E-state index contributed by atoms with van der Waals surface area (Å²) >= 11 is 5.61. The SMILES string of the molecule is CC1CCCC1NCC(O)c1ccc(Cl)c(F)c1. The molecule has 0 amide bonds. The summed E-state index contributed by atoms with van der Waals surface area (Å²) in [6.07, 6.45) is 2.95. The van der Waals surface area contributed by atoms with Crippen LogP contribution >= 0.6 is 11.6 Å². The molecule has 0 aliphatic heterocycles. The largest absolute Gasteiger partial charge is 0.387 e. The molecule has 0 heterocycles. The van der Waals surface area contributed by atoms with Gasteiger partial charge < -0.3 is 10.4 Å². The molecular formula is C14H19ClFNO. The Morgan fingerprint density at radius 2 is 2.28 bits per heavy atom. The molecule has 2 rings (SSSR count). The van der Waals surface area contributed by atoms with Crippen molar-refractivity contribution in [2.24, 2.45) is 5.92 Å². The molecule has 1 saturated carbocycles. The summed E-state index contributed by atoms with van der Waals surface area (Å²) < 4.78 is 13.3. The lowest BCUT2D eigenvalue weighted by Crippen LogP contribution is -2.34. The van der Waals surface area contributed by atoms with Crippen molar-refractivity contribution in [1.82, 2.24) is 5.32 Å². The summed E-state index contributed by atoms with van der Waals surface area (Å²) in [5, 5.41) is 13.5. The fourth-order valence-corrected chi connectivity index (χ4v) is 2.67. The maximum Gasteiger partial charge on any atom is 0.142 e. The first-order valence-corrected chi connectivity index (χ1v) is 6.82. The third-order valence-electron chi connectivity index (χ3n) is 3.76. The monoisotopic (exact) mass is 271 g/mol. The minimum atomic E-state index is -0.690. The molecule has 0 bridgehead atoms. The van der Waals surface area contributed by atoms with Crippen LogP contribution in [0.15, 0.2) is 18.2 Å². The highest BCUT2D eigenvalue weighted by Crippen LogP contribution is 2.25. The van der Waals surface area contributed by atoms with Gasteiger partial charge >= 0.3 is 0 Å². The van der Waals surface area contributed by atoms with Crippen molar-refractivity contribution in [3.63, 3.8) is 0 Å². The Balaban J connectivity index is 1.90. The van der Waals surface area contributed by atoms with Crippen LogP contribution in [0.5, 0.6) is 0 Å². The van der Waals surface area contributed by atoms with E-state index in [4.69, 9.17) is 11.6 Å². The number of halogens is 2. The topological polar surface area (TPSA) is 32.3 Å². The number of aliphatic hydroxyl groups is 1. The van der Waals surface area contributed by atoms with E-state index in [9.17, 15) is 9.50 Å². The van der Waals surface area contributed by atoms with Gasteiger partial charge in [0.15, 0.2) is 0 Å². The number of hydrogen-bond acceptors (Lipinski definition) is 2. The standard InChI is InChI=1S/C14H19ClFNO/c1-9-3-2-4-13(9)17-8-14(18)10-5-6-11(15)12(16)7-10/h5-7,9,13-14,17-18H,2-4,8H2,1H3. The van der Waals surface area contributed by atoms with Crippen LogP contribution < -0.4 is 5.32 Å². The second-order valence-electron chi connectivity index (χ2n) is 5.11. The molecular weight excluding hydrogens is 253 g/mol. The fourth-order valence-electron chi connectivity index (χ4n) is 2.55. The maximum atomic E-state index is 13.3. The van der Waals surface area contributed by atoms with Crippen molar-refractivity contribution < 1.29 is 9.50 Å². The third kappa shape index (κ3) is 3.22. The fraction of sp³-hybridized carbons (Fsp3) is 0.571. The summed E-state index contributed by atoms with van der Waals surface area (Å²) in [6.45, 7) is 2.68. The summed E-state index contributed by atoms with van der Waals surface area (Å²) in [7, 11) is 0. The highest BCUT2D eigenvalue weighted by atomic mass is 35.5. The summed E-state index contributed by atoms with van der Waals surface area (Å²) in [4.78, 5) is 0. The van der Waals surface area contributed by atoms with Crippen LogP contribution in [-0.4, -0.2) is 17.7 Å². The van der Waals surface area contributed by atoms with Gasteiger partial charge in [-0.25, -0.2) is 4.39 Å². The number of rotatable bonds is 4. The summed E-state index contributed by atoms with van der Waals surface area (Å²) in [6, 6.07) is 4.91. The van der Waals surface area contributed by atoms with Crippen LogP contribution in [0.25, 0.3) is 0 Å². The number of nitrogens with one attached hydrogen (secondary N) is 1. The minimum Gasteiger partial charge on any atom is -0.387 e. The van der Waals surface area contributed by atoms with Crippen molar-refractivity contribution >= 4 is 11.6 Å². The Kier molecular flexibility index (Phi) is 4.60. The van der Waals surface area contributed by atoms with Gasteiger partial charge in [-0.05, 0) is 36.5 Å². The van der Waals surface area contributed by atoms with Gasteiger partial charge in [0.1, 0.15) is 5.82 Å². The zero-order valence-electron chi connectivity index (χ0n) is 10.5. The molecule has 18 heavy (non-hydrogen) atoms. The molecule has 0 aromatic heterocycles. The van der Waals surface area contributed by atoms with Crippen LogP contribution in [-0.2, 0) is 0 Å². The zero-order valence-corrected chi connectivity index (χ0v) is 11.3. The van der Waals surface area contributed by atoms with Crippen LogP contribution in [0.3, 0.4) is 0 Å². The number of benzene rings is 1. The summed E-state index contributed by atoms with van der Waals surface area (Å²) in [5.74, 6) is 0.168. The molecule has 1 aliphatic rings. The lowest BCUT2D eigenvalue weighted by Gasteiger charge is -2.20. The van der Waals surface area contributed by atoms with Crippen LogP contribution in [0.1, 0.15) is 37.9 Å². The van der Waals surface area contributed by atoms with Gasteiger partial charge in [-0.15, -0.1) is 0 Å². The first-order chi connectivity index (χ1) is 8.58. The van der Waals surface area contributed by atoms with Gasteiger partial charge in [0.2, 0.25) is 0 Å². The molecule has 0 radical (unpaired) electrons. The predicted molar refractivity (Wildman–Crippen MR) is 71.2 cm³/mol. The van der Waals surface area contributed by atoms with E-state index < -0.39 is 11.9 Å². The Hall–Kier alpha value is -0.640. The molecule has 1 aromatic carbocycles. The van der Waals surface area contributed by atoms with E-state index in [0.717, 1.165) is 6.42 Å². The Bertz CT molecular complexity index is 413. The molecule has 1 aromatic rings. The van der Waals surface area contributed by atoms with Crippen LogP contribution in [0.2, 0.25) is 5.02 Å². The first kappa shape index (κ1) is 13.8. The second-order valence-corrected chi connectivity index (χ2v) is 5.52. The predicted octanol–water partition coefficient (Wildman–Crippen LogP) is 3.29. The molecule has 4 heteroatoms. The van der Waals surface area contributed by atoms with Gasteiger partial charge in [0, 0.05) is 12.6 Å². The van der Waals surface area contributed by atoms with Gasteiger partial charge in [0.25, 0.3) is 0 Å². The maximum absolute atomic E-state index is 13.3. The Morgan fingerprint density at radius 3 is 2.89 bits per heavy atom. The third-order valence-corrected chi connectivity index (χ3v) is 4.07. The summed E-state index contributed by atoms with van der Waals surface area (Å²) in [5.41, 5.74) is 0.565.